The fourth-order valence-electron chi connectivity index (χ4n) is 2.62. The highest BCUT2D eigenvalue weighted by Gasteiger charge is 2.36. The molecule has 0 fully saturated rings. The molecule has 0 amide bonds. The average molecular weight is 457 g/mol. The molecular weight excluding hydrogens is 433 g/mol. The molecule has 1 atom stereocenters. The van der Waals surface area contributed by atoms with Gasteiger partial charge in [0.25, 0.3) is 0 Å². The van der Waals surface area contributed by atoms with E-state index in [1.165, 1.54) is 16.3 Å². The Hall–Kier alpha value is -2.73. The second-order valence-electron chi connectivity index (χ2n) is 6.90. The molecule has 0 bridgehead atoms. The molecule has 0 aliphatic rings. The van der Waals surface area contributed by atoms with E-state index in [4.69, 9.17) is 9.05 Å². The summed E-state index contributed by atoms with van der Waals surface area (Å²) in [5.41, 5.74) is 1.09. The SMILES string of the molecule is Cc1ccc(SN(CP(=O)(Oc2ccccc2)Oc2ccccc2)C(C)C(=O)O)cc1. The Bertz CT molecular complexity index is 985. The Balaban J connectivity index is 1.90. The molecule has 8 heteroatoms. The van der Waals surface area contributed by atoms with E-state index in [9.17, 15) is 14.5 Å². The summed E-state index contributed by atoms with van der Waals surface area (Å²) in [6, 6.07) is 24.1. The van der Waals surface area contributed by atoms with Gasteiger partial charge in [0.2, 0.25) is 0 Å². The standard InChI is InChI=1S/C23H24NO5PS/c1-18-13-15-22(16-14-18)31-24(19(2)23(25)26)17-30(27,28-20-9-5-3-6-10-20)29-21-11-7-4-8-12-21/h3-16,19H,17H2,1-2H3,(H,25,26). The van der Waals surface area contributed by atoms with Crippen molar-refractivity contribution < 1.29 is 23.5 Å². The van der Waals surface area contributed by atoms with Crippen molar-refractivity contribution in [1.29, 1.82) is 0 Å². The number of hydrogen-bond donors (Lipinski definition) is 1. The lowest BCUT2D eigenvalue weighted by Crippen LogP contribution is -2.35. The van der Waals surface area contributed by atoms with Crippen molar-refractivity contribution in [2.45, 2.75) is 24.8 Å². The molecule has 3 rings (SSSR count). The number of benzene rings is 3. The van der Waals surface area contributed by atoms with Crippen LogP contribution in [0.1, 0.15) is 12.5 Å². The number of carboxylic acid groups (broad SMARTS) is 1. The molecule has 0 radical (unpaired) electrons. The third kappa shape index (κ3) is 6.89. The van der Waals surface area contributed by atoms with Crippen LogP contribution in [0.25, 0.3) is 0 Å². The van der Waals surface area contributed by atoms with Crippen LogP contribution in [-0.4, -0.2) is 27.7 Å². The Labute approximate surface area is 186 Å². The van der Waals surface area contributed by atoms with Gasteiger partial charge in [-0.1, -0.05) is 54.1 Å². The highest BCUT2D eigenvalue weighted by Crippen LogP contribution is 2.50. The van der Waals surface area contributed by atoms with E-state index >= 15 is 0 Å². The van der Waals surface area contributed by atoms with Gasteiger partial charge in [-0.3, -0.25) is 4.79 Å². The van der Waals surface area contributed by atoms with Gasteiger partial charge in [0, 0.05) is 4.90 Å². The highest BCUT2D eigenvalue weighted by molar-refractivity contribution is 7.97. The summed E-state index contributed by atoms with van der Waals surface area (Å²) in [6.07, 6.45) is -0.233. The van der Waals surface area contributed by atoms with Crippen LogP contribution in [0.3, 0.4) is 0 Å². The lowest BCUT2D eigenvalue weighted by molar-refractivity contribution is -0.140. The number of carbonyl (C=O) groups is 1. The molecule has 162 valence electrons. The van der Waals surface area contributed by atoms with Crippen LogP contribution in [0.4, 0.5) is 0 Å². The van der Waals surface area contributed by atoms with E-state index in [1.54, 1.807) is 55.5 Å². The van der Waals surface area contributed by atoms with Crippen LogP contribution in [0, 0.1) is 6.92 Å². The minimum absolute atomic E-state index is 0.233. The van der Waals surface area contributed by atoms with Gasteiger partial charge in [0.1, 0.15) is 23.8 Å². The molecule has 1 N–H and O–H groups in total. The highest BCUT2D eigenvalue weighted by atomic mass is 32.2. The maximum Gasteiger partial charge on any atom is 0.445 e. The van der Waals surface area contributed by atoms with Crippen molar-refractivity contribution in [1.82, 2.24) is 4.31 Å². The molecule has 0 saturated carbocycles. The summed E-state index contributed by atoms with van der Waals surface area (Å²) in [4.78, 5) is 12.6. The molecule has 0 aromatic heterocycles. The predicted molar refractivity (Wildman–Crippen MR) is 123 cm³/mol. The average Bonchev–Trinajstić information content (AvgIpc) is 2.75. The molecule has 0 saturated heterocycles. The minimum Gasteiger partial charge on any atom is -0.480 e. The predicted octanol–water partition coefficient (Wildman–Crippen LogP) is 6.09. The van der Waals surface area contributed by atoms with Crippen molar-refractivity contribution in [2.24, 2.45) is 0 Å². The summed E-state index contributed by atoms with van der Waals surface area (Å²) in [7, 11) is -3.82. The first-order valence-electron chi connectivity index (χ1n) is 9.67. The normalized spacial score (nSPS) is 12.4. The molecule has 6 nitrogen and oxygen atoms in total. The van der Waals surface area contributed by atoms with Gasteiger partial charge in [-0.25, -0.2) is 8.87 Å². The summed E-state index contributed by atoms with van der Waals surface area (Å²) in [5.74, 6) is -0.277. The Morgan fingerprint density at radius 1 is 0.935 bits per heavy atom. The van der Waals surface area contributed by atoms with Gasteiger partial charge in [0.05, 0.1) is 0 Å². The largest absolute Gasteiger partial charge is 0.480 e. The minimum atomic E-state index is -3.82. The lowest BCUT2D eigenvalue weighted by Gasteiger charge is -2.29. The van der Waals surface area contributed by atoms with Gasteiger partial charge in [0.15, 0.2) is 0 Å². The van der Waals surface area contributed by atoms with Gasteiger partial charge in [-0.2, -0.15) is 0 Å². The second kappa shape index (κ2) is 10.5. The smallest absolute Gasteiger partial charge is 0.445 e. The van der Waals surface area contributed by atoms with Gasteiger partial charge < -0.3 is 14.2 Å². The van der Waals surface area contributed by atoms with E-state index in [1.807, 2.05) is 43.3 Å². The molecule has 0 aliphatic heterocycles. The molecule has 0 heterocycles. The van der Waals surface area contributed by atoms with Crippen molar-refractivity contribution in [3.8, 4) is 11.5 Å². The van der Waals surface area contributed by atoms with Crippen LogP contribution in [-0.2, 0) is 9.36 Å². The molecule has 3 aromatic carbocycles. The third-order valence-corrected chi connectivity index (χ3v) is 7.30. The van der Waals surface area contributed by atoms with Crippen molar-refractivity contribution in [2.75, 3.05) is 6.29 Å². The van der Waals surface area contributed by atoms with E-state index < -0.39 is 19.6 Å². The fraction of sp³-hybridized carbons (Fsp3) is 0.174. The first kappa shape index (κ1) is 22.9. The second-order valence-corrected chi connectivity index (χ2v) is 9.89. The summed E-state index contributed by atoms with van der Waals surface area (Å²) in [6.45, 7) is 3.51. The monoisotopic (exact) mass is 457 g/mol. The zero-order chi connectivity index (χ0) is 22.3. The topological polar surface area (TPSA) is 76.1 Å². The third-order valence-electron chi connectivity index (χ3n) is 4.32. The zero-order valence-electron chi connectivity index (χ0n) is 17.3. The number of hydrogen-bond acceptors (Lipinski definition) is 6. The number of aliphatic carboxylic acids is 1. The molecule has 3 aromatic rings. The summed E-state index contributed by atoms with van der Waals surface area (Å²) < 4.78 is 27.0. The van der Waals surface area contributed by atoms with Crippen molar-refractivity contribution in [3.05, 3.63) is 90.5 Å². The van der Waals surface area contributed by atoms with Gasteiger partial charge >= 0.3 is 13.6 Å². The maximum atomic E-state index is 13.8. The molecule has 0 aliphatic carbocycles. The lowest BCUT2D eigenvalue weighted by atomic mass is 10.2. The Morgan fingerprint density at radius 3 is 1.87 bits per heavy atom. The van der Waals surface area contributed by atoms with Crippen LogP contribution < -0.4 is 9.05 Å². The number of aryl methyl sites for hydroxylation is 1. The summed E-state index contributed by atoms with van der Waals surface area (Å²) >= 11 is 1.20. The van der Waals surface area contributed by atoms with E-state index in [2.05, 4.69) is 0 Å². The zero-order valence-corrected chi connectivity index (χ0v) is 19.0. The summed E-state index contributed by atoms with van der Waals surface area (Å²) in [5, 5.41) is 9.62. The number of carboxylic acids is 1. The quantitative estimate of drug-likeness (QED) is 0.292. The van der Waals surface area contributed by atoms with E-state index in [0.717, 1.165) is 10.5 Å². The molecule has 0 spiro atoms. The van der Waals surface area contributed by atoms with Gasteiger partial charge in [-0.05, 0) is 62.2 Å². The first-order chi connectivity index (χ1) is 14.8. The van der Waals surface area contributed by atoms with Crippen LogP contribution in [0.2, 0.25) is 0 Å². The molecule has 31 heavy (non-hydrogen) atoms. The van der Waals surface area contributed by atoms with Crippen LogP contribution in [0.15, 0.2) is 89.8 Å². The number of rotatable bonds is 10. The number of nitrogens with zero attached hydrogens (tertiary/aromatic N) is 1. The Morgan fingerprint density at radius 2 is 1.42 bits per heavy atom. The molecular formula is C23H24NO5PS. The molecule has 1 unspecified atom stereocenters. The van der Waals surface area contributed by atoms with E-state index in [0.29, 0.717) is 11.5 Å². The number of para-hydroxylation sites is 2. The Kier molecular flexibility index (Phi) is 7.80. The van der Waals surface area contributed by atoms with Crippen LogP contribution in [0.5, 0.6) is 11.5 Å². The fourth-order valence-corrected chi connectivity index (χ4v) is 5.68. The maximum absolute atomic E-state index is 13.8. The van der Waals surface area contributed by atoms with E-state index in [-0.39, 0.29) is 6.29 Å². The van der Waals surface area contributed by atoms with Crippen molar-refractivity contribution >= 4 is 25.5 Å². The van der Waals surface area contributed by atoms with Crippen molar-refractivity contribution in [3.63, 3.8) is 0 Å². The van der Waals surface area contributed by atoms with Gasteiger partial charge in [-0.15, -0.1) is 0 Å². The van der Waals surface area contributed by atoms with Crippen LogP contribution >= 0.6 is 19.5 Å². The first-order valence-corrected chi connectivity index (χ1v) is 12.2.